The molecule has 0 aromatic carbocycles. The van der Waals surface area contributed by atoms with Gasteiger partial charge in [-0.05, 0) is 31.1 Å². The van der Waals surface area contributed by atoms with Crippen LogP contribution in [0.15, 0.2) is 12.4 Å². The van der Waals surface area contributed by atoms with Crippen LogP contribution in [-0.2, 0) is 0 Å². The van der Waals surface area contributed by atoms with E-state index in [4.69, 9.17) is 0 Å². The maximum absolute atomic E-state index is 12.1. The second kappa shape index (κ2) is 5.99. The van der Waals surface area contributed by atoms with Crippen molar-refractivity contribution in [2.75, 3.05) is 12.4 Å². The lowest BCUT2D eigenvalue weighted by Gasteiger charge is -2.31. The van der Waals surface area contributed by atoms with E-state index in [0.29, 0.717) is 23.3 Å². The van der Waals surface area contributed by atoms with E-state index in [-0.39, 0.29) is 11.9 Å². The monoisotopic (exact) mass is 262 g/mol. The van der Waals surface area contributed by atoms with Gasteiger partial charge in [-0.25, -0.2) is 9.97 Å². The summed E-state index contributed by atoms with van der Waals surface area (Å²) >= 11 is 0. The molecule has 5 nitrogen and oxygen atoms in total. The summed E-state index contributed by atoms with van der Waals surface area (Å²) in [6, 6.07) is 0.261. The highest BCUT2D eigenvalue weighted by molar-refractivity contribution is 5.92. The standard InChI is InChI=1S/C14H22N4O/c1-9-4-10(2)6-11(5-9)18-14(19)12-7-17-13(15-3)8-16-12/h7-11H,4-6H2,1-3H3,(H,15,17)(H,18,19). The number of carbonyl (C=O) groups excluding carboxylic acids is 1. The van der Waals surface area contributed by atoms with E-state index in [1.54, 1.807) is 13.2 Å². The molecule has 2 unspecified atom stereocenters. The van der Waals surface area contributed by atoms with Crippen molar-refractivity contribution in [2.45, 2.75) is 39.2 Å². The van der Waals surface area contributed by atoms with E-state index in [9.17, 15) is 4.79 Å². The first-order valence-electron chi connectivity index (χ1n) is 6.89. The number of aromatic nitrogens is 2. The fraction of sp³-hybridized carbons (Fsp3) is 0.643. The van der Waals surface area contributed by atoms with Crippen molar-refractivity contribution < 1.29 is 4.79 Å². The molecule has 1 aliphatic carbocycles. The van der Waals surface area contributed by atoms with Crippen LogP contribution in [0.25, 0.3) is 0 Å². The van der Waals surface area contributed by atoms with Gasteiger partial charge in [0.25, 0.3) is 5.91 Å². The molecule has 0 bridgehead atoms. The number of carbonyl (C=O) groups is 1. The van der Waals surface area contributed by atoms with Crippen molar-refractivity contribution in [3.05, 3.63) is 18.1 Å². The third kappa shape index (κ3) is 3.66. The van der Waals surface area contributed by atoms with Crippen LogP contribution in [0.3, 0.4) is 0 Å². The molecule has 1 amide bonds. The zero-order valence-corrected chi connectivity index (χ0v) is 11.8. The number of hydrogen-bond donors (Lipinski definition) is 2. The molecule has 2 rings (SSSR count). The summed E-state index contributed by atoms with van der Waals surface area (Å²) in [5, 5.41) is 5.95. The maximum Gasteiger partial charge on any atom is 0.271 e. The molecule has 1 fully saturated rings. The van der Waals surface area contributed by atoms with Crippen LogP contribution in [-0.4, -0.2) is 29.0 Å². The minimum absolute atomic E-state index is 0.124. The van der Waals surface area contributed by atoms with Crippen molar-refractivity contribution in [1.29, 1.82) is 0 Å². The Labute approximate surface area is 114 Å². The van der Waals surface area contributed by atoms with Crippen LogP contribution in [0.4, 0.5) is 5.82 Å². The van der Waals surface area contributed by atoms with Gasteiger partial charge in [0.1, 0.15) is 11.5 Å². The molecule has 2 N–H and O–H groups in total. The first-order chi connectivity index (χ1) is 9.08. The van der Waals surface area contributed by atoms with E-state index in [1.807, 2.05) is 0 Å². The second-order valence-electron chi connectivity index (χ2n) is 5.62. The molecule has 1 aromatic heterocycles. The van der Waals surface area contributed by atoms with Crippen molar-refractivity contribution in [3.63, 3.8) is 0 Å². The summed E-state index contributed by atoms with van der Waals surface area (Å²) in [6.45, 7) is 4.49. The maximum atomic E-state index is 12.1. The summed E-state index contributed by atoms with van der Waals surface area (Å²) in [5.74, 6) is 1.89. The summed E-state index contributed by atoms with van der Waals surface area (Å²) in [4.78, 5) is 20.3. The smallest absolute Gasteiger partial charge is 0.271 e. The van der Waals surface area contributed by atoms with Gasteiger partial charge >= 0.3 is 0 Å². The highest BCUT2D eigenvalue weighted by Gasteiger charge is 2.25. The number of rotatable bonds is 3. The highest BCUT2D eigenvalue weighted by Crippen LogP contribution is 2.28. The molecular formula is C14H22N4O. The lowest BCUT2D eigenvalue weighted by molar-refractivity contribution is 0.0906. The first kappa shape index (κ1) is 13.8. The zero-order chi connectivity index (χ0) is 13.8. The van der Waals surface area contributed by atoms with Gasteiger partial charge in [-0.15, -0.1) is 0 Å². The van der Waals surface area contributed by atoms with Crippen molar-refractivity contribution in [1.82, 2.24) is 15.3 Å². The molecule has 0 radical (unpaired) electrons. The van der Waals surface area contributed by atoms with E-state index < -0.39 is 0 Å². The Hall–Kier alpha value is -1.65. The minimum Gasteiger partial charge on any atom is -0.372 e. The third-order valence-electron chi connectivity index (χ3n) is 3.65. The quantitative estimate of drug-likeness (QED) is 0.875. The Morgan fingerprint density at radius 3 is 2.37 bits per heavy atom. The predicted molar refractivity (Wildman–Crippen MR) is 75.0 cm³/mol. The van der Waals surface area contributed by atoms with Gasteiger partial charge in [-0.3, -0.25) is 4.79 Å². The largest absolute Gasteiger partial charge is 0.372 e. The van der Waals surface area contributed by atoms with Crippen molar-refractivity contribution in [3.8, 4) is 0 Å². The molecular weight excluding hydrogens is 240 g/mol. The Balaban J connectivity index is 1.96. The van der Waals surface area contributed by atoms with Gasteiger partial charge < -0.3 is 10.6 Å². The molecule has 1 saturated carbocycles. The summed E-state index contributed by atoms with van der Waals surface area (Å²) in [7, 11) is 1.77. The number of nitrogens with one attached hydrogen (secondary N) is 2. The van der Waals surface area contributed by atoms with E-state index in [2.05, 4.69) is 34.4 Å². The normalized spacial score (nSPS) is 26.8. The third-order valence-corrected chi connectivity index (χ3v) is 3.65. The van der Waals surface area contributed by atoms with E-state index in [1.165, 1.54) is 12.6 Å². The number of hydrogen-bond acceptors (Lipinski definition) is 4. The average molecular weight is 262 g/mol. The van der Waals surface area contributed by atoms with Gasteiger partial charge in [0.15, 0.2) is 0 Å². The van der Waals surface area contributed by atoms with Gasteiger partial charge in [-0.1, -0.05) is 13.8 Å². The number of nitrogens with zero attached hydrogens (tertiary/aromatic N) is 2. The molecule has 104 valence electrons. The van der Waals surface area contributed by atoms with Crippen LogP contribution in [0, 0.1) is 11.8 Å². The summed E-state index contributed by atoms with van der Waals surface area (Å²) < 4.78 is 0. The summed E-state index contributed by atoms with van der Waals surface area (Å²) in [6.07, 6.45) is 6.44. The molecule has 2 atom stereocenters. The fourth-order valence-corrected chi connectivity index (χ4v) is 2.90. The molecule has 19 heavy (non-hydrogen) atoms. The SMILES string of the molecule is CNc1cnc(C(=O)NC2CC(C)CC(C)C2)cn1. The van der Waals surface area contributed by atoms with Crippen LogP contribution >= 0.6 is 0 Å². The van der Waals surface area contributed by atoms with Crippen molar-refractivity contribution in [2.24, 2.45) is 11.8 Å². The molecule has 1 heterocycles. The Morgan fingerprint density at radius 2 is 1.84 bits per heavy atom. The lowest BCUT2D eigenvalue weighted by atomic mass is 9.80. The molecule has 1 aliphatic rings. The fourth-order valence-electron chi connectivity index (χ4n) is 2.90. The zero-order valence-electron chi connectivity index (χ0n) is 11.8. The minimum atomic E-state index is -0.124. The molecule has 0 aliphatic heterocycles. The Kier molecular flexibility index (Phi) is 4.35. The lowest BCUT2D eigenvalue weighted by Crippen LogP contribution is -2.40. The topological polar surface area (TPSA) is 66.9 Å². The highest BCUT2D eigenvalue weighted by atomic mass is 16.1. The Bertz CT molecular complexity index is 422. The molecule has 0 spiro atoms. The van der Waals surface area contributed by atoms with Gasteiger partial charge in [0.2, 0.25) is 0 Å². The van der Waals surface area contributed by atoms with Gasteiger partial charge in [0.05, 0.1) is 12.4 Å². The van der Waals surface area contributed by atoms with Crippen LogP contribution in [0.5, 0.6) is 0 Å². The van der Waals surface area contributed by atoms with Gasteiger partial charge in [0, 0.05) is 13.1 Å². The van der Waals surface area contributed by atoms with Crippen LogP contribution in [0.2, 0.25) is 0 Å². The van der Waals surface area contributed by atoms with Crippen LogP contribution < -0.4 is 10.6 Å². The molecule has 5 heteroatoms. The number of anilines is 1. The predicted octanol–water partition coefficient (Wildman–Crippen LogP) is 2.07. The Morgan fingerprint density at radius 1 is 1.16 bits per heavy atom. The average Bonchev–Trinajstić information content (AvgIpc) is 2.37. The second-order valence-corrected chi connectivity index (χ2v) is 5.62. The van der Waals surface area contributed by atoms with Crippen LogP contribution in [0.1, 0.15) is 43.6 Å². The molecule has 1 aromatic rings. The van der Waals surface area contributed by atoms with E-state index >= 15 is 0 Å². The summed E-state index contributed by atoms with van der Waals surface area (Å²) in [5.41, 5.74) is 0.380. The van der Waals surface area contributed by atoms with Crippen molar-refractivity contribution >= 4 is 11.7 Å². The van der Waals surface area contributed by atoms with Gasteiger partial charge in [-0.2, -0.15) is 0 Å². The number of amides is 1. The van der Waals surface area contributed by atoms with E-state index in [0.717, 1.165) is 12.8 Å². The molecule has 0 saturated heterocycles. The first-order valence-corrected chi connectivity index (χ1v) is 6.89.